The van der Waals surface area contributed by atoms with Crippen molar-refractivity contribution in [3.63, 3.8) is 0 Å². The highest BCUT2D eigenvalue weighted by Crippen LogP contribution is 2.30. The van der Waals surface area contributed by atoms with E-state index in [2.05, 4.69) is 41.5 Å². The van der Waals surface area contributed by atoms with E-state index in [0.717, 1.165) is 37.4 Å². The van der Waals surface area contributed by atoms with Gasteiger partial charge in [0.1, 0.15) is 5.82 Å². The van der Waals surface area contributed by atoms with E-state index >= 15 is 0 Å². The van der Waals surface area contributed by atoms with E-state index in [-0.39, 0.29) is 17.6 Å². The third-order valence-electron chi connectivity index (χ3n) is 7.21. The van der Waals surface area contributed by atoms with Gasteiger partial charge >= 0.3 is 0 Å². The number of carbonyl (C=O) groups is 1. The molecule has 2 aromatic heterocycles. The first-order chi connectivity index (χ1) is 16.5. The summed E-state index contributed by atoms with van der Waals surface area (Å²) in [6, 6.07) is 15.2. The fraction of sp³-hybridized carbons (Fsp3) is 0.407. The minimum absolute atomic E-state index is 0.0403. The van der Waals surface area contributed by atoms with Gasteiger partial charge < -0.3 is 19.3 Å². The zero-order valence-electron chi connectivity index (χ0n) is 20.0. The number of aromatic nitrogens is 2. The molecule has 34 heavy (non-hydrogen) atoms. The van der Waals surface area contributed by atoms with Gasteiger partial charge in [-0.15, -0.1) is 0 Å². The molecule has 178 valence electrons. The predicted molar refractivity (Wildman–Crippen MR) is 133 cm³/mol. The smallest absolute Gasteiger partial charge is 0.225 e. The van der Waals surface area contributed by atoms with Gasteiger partial charge in [0.05, 0.1) is 11.4 Å². The van der Waals surface area contributed by atoms with Crippen molar-refractivity contribution >= 4 is 17.4 Å². The summed E-state index contributed by atoms with van der Waals surface area (Å²) < 4.78 is 16.4. The first kappa shape index (κ1) is 22.4. The van der Waals surface area contributed by atoms with Crippen LogP contribution in [-0.4, -0.2) is 59.6 Å². The highest BCUT2D eigenvalue weighted by Gasteiger charge is 2.32. The van der Waals surface area contributed by atoms with Crippen LogP contribution in [0.5, 0.6) is 0 Å². The number of anilines is 2. The number of nitrogens with zero attached hydrogens (tertiary/aromatic N) is 5. The monoisotopic (exact) mass is 461 g/mol. The number of rotatable bonds is 4. The molecule has 7 heteroatoms. The van der Waals surface area contributed by atoms with Crippen LogP contribution >= 0.6 is 0 Å². The van der Waals surface area contributed by atoms with Gasteiger partial charge in [0.25, 0.3) is 0 Å². The zero-order chi connectivity index (χ0) is 23.7. The average molecular weight is 462 g/mol. The Morgan fingerprint density at radius 1 is 0.824 bits per heavy atom. The first-order valence-electron chi connectivity index (χ1n) is 12.2. The number of para-hydroxylation sites is 1. The lowest BCUT2D eigenvalue weighted by atomic mass is 9.94. The quantitative estimate of drug-likeness (QED) is 0.584. The van der Waals surface area contributed by atoms with Crippen molar-refractivity contribution in [2.75, 3.05) is 49.1 Å². The van der Waals surface area contributed by atoms with E-state index in [4.69, 9.17) is 4.98 Å². The number of hydrogen-bond donors (Lipinski definition) is 0. The third kappa shape index (κ3) is 4.27. The predicted octanol–water partition coefficient (Wildman–Crippen LogP) is 4.19. The Bertz CT molecular complexity index is 1140. The van der Waals surface area contributed by atoms with E-state index < -0.39 is 0 Å². The fourth-order valence-corrected chi connectivity index (χ4v) is 5.33. The van der Waals surface area contributed by atoms with Gasteiger partial charge in [-0.1, -0.05) is 12.1 Å². The van der Waals surface area contributed by atoms with Gasteiger partial charge in [0.15, 0.2) is 5.82 Å². The van der Waals surface area contributed by atoms with Crippen molar-refractivity contribution < 1.29 is 9.18 Å². The average Bonchev–Trinajstić information content (AvgIpc) is 3.21. The van der Waals surface area contributed by atoms with Gasteiger partial charge in [-0.25, -0.2) is 9.37 Å². The number of carbonyl (C=O) groups excluding carboxylic acids is 1. The molecule has 3 aromatic rings. The highest BCUT2D eigenvalue weighted by atomic mass is 19.1. The normalized spacial score (nSPS) is 17.3. The maximum absolute atomic E-state index is 14.1. The van der Waals surface area contributed by atoms with E-state index in [9.17, 15) is 9.18 Å². The number of piperidine rings is 1. The number of pyridine rings is 1. The van der Waals surface area contributed by atoms with Crippen LogP contribution in [0.3, 0.4) is 0 Å². The highest BCUT2D eigenvalue weighted by molar-refractivity contribution is 5.79. The van der Waals surface area contributed by atoms with Gasteiger partial charge in [0.2, 0.25) is 5.91 Å². The van der Waals surface area contributed by atoms with E-state index in [1.165, 1.54) is 17.5 Å². The lowest BCUT2D eigenvalue weighted by Crippen LogP contribution is -2.52. The first-order valence-corrected chi connectivity index (χ1v) is 12.2. The number of aryl methyl sites for hydroxylation is 2. The zero-order valence-corrected chi connectivity index (χ0v) is 20.0. The second kappa shape index (κ2) is 9.49. The molecule has 0 atom stereocenters. The Labute approximate surface area is 200 Å². The molecule has 0 radical (unpaired) electrons. The van der Waals surface area contributed by atoms with Crippen molar-refractivity contribution in [3.8, 4) is 5.69 Å². The Morgan fingerprint density at radius 2 is 1.47 bits per heavy atom. The molecule has 0 bridgehead atoms. The van der Waals surface area contributed by atoms with E-state index in [1.807, 2.05) is 34.2 Å². The van der Waals surface area contributed by atoms with Crippen LogP contribution in [0.1, 0.15) is 24.2 Å². The summed E-state index contributed by atoms with van der Waals surface area (Å²) in [5, 5.41) is 0. The largest absolute Gasteiger partial charge is 0.366 e. The number of hydrogen-bond acceptors (Lipinski definition) is 4. The minimum Gasteiger partial charge on any atom is -0.366 e. The van der Waals surface area contributed by atoms with Gasteiger partial charge in [-0.3, -0.25) is 4.79 Å². The molecule has 2 saturated heterocycles. The molecule has 5 rings (SSSR count). The molecular formula is C27H32FN5O. The maximum atomic E-state index is 14.1. The molecular weight excluding hydrogens is 429 g/mol. The molecule has 1 amide bonds. The summed E-state index contributed by atoms with van der Waals surface area (Å²) in [5.74, 6) is 1.06. The molecule has 2 aliphatic heterocycles. The molecule has 0 aliphatic carbocycles. The molecule has 0 spiro atoms. The number of halogens is 1. The van der Waals surface area contributed by atoms with Crippen LogP contribution in [-0.2, 0) is 4.79 Å². The van der Waals surface area contributed by atoms with E-state index in [1.54, 1.807) is 6.07 Å². The van der Waals surface area contributed by atoms with Crippen LogP contribution in [0.25, 0.3) is 5.69 Å². The summed E-state index contributed by atoms with van der Waals surface area (Å²) in [6.45, 7) is 8.47. The second-order valence-electron chi connectivity index (χ2n) is 9.32. The summed E-state index contributed by atoms with van der Waals surface area (Å²) in [6.07, 6.45) is 3.50. The number of benzene rings is 1. The van der Waals surface area contributed by atoms with Crippen molar-refractivity contribution in [2.45, 2.75) is 26.7 Å². The number of amides is 1. The molecule has 2 fully saturated rings. The van der Waals surface area contributed by atoms with Crippen LogP contribution in [0.15, 0.2) is 54.7 Å². The van der Waals surface area contributed by atoms with Crippen molar-refractivity contribution in [1.82, 2.24) is 14.5 Å². The number of piperazine rings is 1. The van der Waals surface area contributed by atoms with Crippen molar-refractivity contribution in [2.24, 2.45) is 5.92 Å². The van der Waals surface area contributed by atoms with Crippen LogP contribution in [0.2, 0.25) is 0 Å². The standard InChI is InChI=1S/C27H32FN5O/c1-20-9-10-21(2)33(20)25-8-5-13-29-26(25)31-14-11-22(12-15-31)27(34)32-18-16-30(17-19-32)24-7-4-3-6-23(24)28/h3-10,13,22H,11-12,14-19H2,1-2H3. The Balaban J connectivity index is 1.21. The Hall–Kier alpha value is -3.35. The lowest BCUT2D eigenvalue weighted by molar-refractivity contribution is -0.136. The molecule has 0 unspecified atom stereocenters. The van der Waals surface area contributed by atoms with Crippen molar-refractivity contribution in [1.29, 1.82) is 0 Å². The SMILES string of the molecule is Cc1ccc(C)n1-c1cccnc1N1CCC(C(=O)N2CCN(c3ccccc3F)CC2)CC1. The molecule has 0 N–H and O–H groups in total. The second-order valence-corrected chi connectivity index (χ2v) is 9.32. The Morgan fingerprint density at radius 3 is 2.15 bits per heavy atom. The van der Waals surface area contributed by atoms with Crippen LogP contribution in [0.4, 0.5) is 15.9 Å². The van der Waals surface area contributed by atoms with Gasteiger partial charge in [-0.2, -0.15) is 0 Å². The summed E-state index contributed by atoms with van der Waals surface area (Å²) in [4.78, 5) is 24.3. The van der Waals surface area contributed by atoms with Crippen LogP contribution < -0.4 is 9.80 Å². The third-order valence-corrected chi connectivity index (χ3v) is 7.21. The lowest BCUT2D eigenvalue weighted by Gasteiger charge is -2.39. The Kier molecular flexibility index (Phi) is 6.26. The summed E-state index contributed by atoms with van der Waals surface area (Å²) in [5.41, 5.74) is 4.09. The summed E-state index contributed by atoms with van der Waals surface area (Å²) in [7, 11) is 0. The summed E-state index contributed by atoms with van der Waals surface area (Å²) >= 11 is 0. The molecule has 0 saturated carbocycles. The molecule has 1 aromatic carbocycles. The fourth-order valence-electron chi connectivity index (χ4n) is 5.33. The van der Waals surface area contributed by atoms with Gasteiger partial charge in [0, 0.05) is 62.8 Å². The molecule has 4 heterocycles. The maximum Gasteiger partial charge on any atom is 0.225 e. The van der Waals surface area contributed by atoms with Gasteiger partial charge in [-0.05, 0) is 63.1 Å². The van der Waals surface area contributed by atoms with Crippen molar-refractivity contribution in [3.05, 3.63) is 71.9 Å². The molecule has 2 aliphatic rings. The minimum atomic E-state index is -0.200. The van der Waals surface area contributed by atoms with E-state index in [0.29, 0.717) is 31.9 Å². The topological polar surface area (TPSA) is 44.6 Å². The van der Waals surface area contributed by atoms with Crippen LogP contribution in [0, 0.1) is 25.6 Å². The molecule has 6 nitrogen and oxygen atoms in total.